The number of carbonyl (C=O) groups excluding carboxylic acids is 2. The fraction of sp³-hybridized carbons (Fsp3) is 0.267. The molecule has 1 aromatic heterocycles. The quantitative estimate of drug-likeness (QED) is 0.493. The molecule has 1 aromatic carbocycles. The minimum atomic E-state index is -1.03. The van der Waals surface area contributed by atoms with Crippen molar-refractivity contribution in [2.75, 3.05) is 7.11 Å². The van der Waals surface area contributed by atoms with Gasteiger partial charge >= 0.3 is 11.6 Å². The summed E-state index contributed by atoms with van der Waals surface area (Å²) >= 11 is 0. The topological polar surface area (TPSA) is 73.6 Å². The van der Waals surface area contributed by atoms with Gasteiger partial charge in [-0.2, -0.15) is 0 Å². The molecule has 0 unspecified atom stereocenters. The third-order valence-electron chi connectivity index (χ3n) is 3.23. The molecule has 0 saturated carbocycles. The molecule has 0 saturated heterocycles. The van der Waals surface area contributed by atoms with Crippen LogP contribution in [0.2, 0.25) is 0 Å². The van der Waals surface area contributed by atoms with E-state index in [0.29, 0.717) is 0 Å². The Hall–Kier alpha value is -2.57. The molecule has 0 aliphatic carbocycles. The summed E-state index contributed by atoms with van der Waals surface area (Å²) < 4.78 is 36.6. The minimum Gasteiger partial charge on any atom is -0.469 e. The number of fused-ring (bicyclic) bond motifs is 1. The summed E-state index contributed by atoms with van der Waals surface area (Å²) in [6.07, 6.45) is -0.469. The summed E-state index contributed by atoms with van der Waals surface area (Å²) in [5, 5.41) is -0.0402. The lowest BCUT2D eigenvalue weighted by Crippen LogP contribution is -2.15. The van der Waals surface area contributed by atoms with E-state index in [1.54, 1.807) is 0 Å². The van der Waals surface area contributed by atoms with Crippen LogP contribution in [0, 0.1) is 18.6 Å². The highest BCUT2D eigenvalue weighted by atomic mass is 19.1. The number of halogens is 2. The Morgan fingerprint density at radius 1 is 1.23 bits per heavy atom. The lowest BCUT2D eigenvalue weighted by Gasteiger charge is -2.05. The molecule has 0 aliphatic rings. The molecule has 7 heteroatoms. The number of hydrogen-bond acceptors (Lipinski definition) is 5. The fourth-order valence-electron chi connectivity index (χ4n) is 1.93. The van der Waals surface area contributed by atoms with Crippen LogP contribution in [-0.2, 0) is 9.53 Å². The molecule has 22 heavy (non-hydrogen) atoms. The summed E-state index contributed by atoms with van der Waals surface area (Å²) in [5.74, 6) is -3.07. The van der Waals surface area contributed by atoms with Gasteiger partial charge in [0.05, 0.1) is 13.5 Å². The number of hydrogen-bond donors (Lipinski definition) is 0. The molecule has 116 valence electrons. The zero-order valence-electron chi connectivity index (χ0n) is 11.9. The Balaban J connectivity index is 2.46. The minimum absolute atomic E-state index is 0.0402. The van der Waals surface area contributed by atoms with Crippen molar-refractivity contribution in [3.05, 3.63) is 45.3 Å². The number of esters is 1. The second-order valence-corrected chi connectivity index (χ2v) is 4.66. The van der Waals surface area contributed by atoms with E-state index in [4.69, 9.17) is 4.42 Å². The molecule has 2 aromatic rings. The van der Waals surface area contributed by atoms with E-state index in [9.17, 15) is 23.2 Å². The SMILES string of the molecule is COC(=O)CCC(=O)c1cc2cc(F)c(C)c(F)c2oc1=O. The Bertz CT molecular complexity index is 823. The van der Waals surface area contributed by atoms with Crippen LogP contribution in [0.4, 0.5) is 8.78 Å². The smallest absolute Gasteiger partial charge is 0.347 e. The van der Waals surface area contributed by atoms with E-state index in [2.05, 4.69) is 4.74 Å². The summed E-state index contributed by atoms with van der Waals surface area (Å²) in [5.41, 5.74) is -2.08. The highest BCUT2D eigenvalue weighted by Gasteiger charge is 2.19. The van der Waals surface area contributed by atoms with Gasteiger partial charge in [0.1, 0.15) is 11.4 Å². The first-order valence-corrected chi connectivity index (χ1v) is 6.37. The second kappa shape index (κ2) is 6.05. The van der Waals surface area contributed by atoms with Gasteiger partial charge in [-0.25, -0.2) is 13.6 Å². The van der Waals surface area contributed by atoms with E-state index < -0.39 is 34.6 Å². The Morgan fingerprint density at radius 3 is 2.55 bits per heavy atom. The maximum atomic E-state index is 13.9. The van der Waals surface area contributed by atoms with Crippen molar-refractivity contribution in [3.8, 4) is 0 Å². The van der Waals surface area contributed by atoms with Crippen molar-refractivity contribution >= 4 is 22.7 Å². The second-order valence-electron chi connectivity index (χ2n) is 4.66. The molecule has 0 spiro atoms. The molecule has 0 N–H and O–H groups in total. The van der Waals surface area contributed by atoms with Crippen LogP contribution in [0.3, 0.4) is 0 Å². The maximum Gasteiger partial charge on any atom is 0.347 e. The van der Waals surface area contributed by atoms with Crippen LogP contribution in [0.1, 0.15) is 28.8 Å². The largest absolute Gasteiger partial charge is 0.469 e. The predicted octanol–water partition coefficient (Wildman–Crippen LogP) is 2.52. The predicted molar refractivity (Wildman–Crippen MR) is 72.7 cm³/mol. The highest BCUT2D eigenvalue weighted by molar-refractivity contribution is 5.99. The van der Waals surface area contributed by atoms with Gasteiger partial charge in [0.15, 0.2) is 17.2 Å². The van der Waals surface area contributed by atoms with Crippen LogP contribution < -0.4 is 5.63 Å². The van der Waals surface area contributed by atoms with Gasteiger partial charge in [-0.15, -0.1) is 0 Å². The van der Waals surface area contributed by atoms with Crippen molar-refractivity contribution < 1.29 is 27.5 Å². The van der Waals surface area contributed by atoms with E-state index in [-0.39, 0.29) is 29.4 Å². The first-order valence-electron chi connectivity index (χ1n) is 6.37. The van der Waals surface area contributed by atoms with Gasteiger partial charge < -0.3 is 9.15 Å². The first-order chi connectivity index (χ1) is 10.3. The monoisotopic (exact) mass is 310 g/mol. The van der Waals surface area contributed by atoms with Crippen LogP contribution in [0.15, 0.2) is 21.3 Å². The van der Waals surface area contributed by atoms with Crippen molar-refractivity contribution in [2.24, 2.45) is 0 Å². The summed E-state index contributed by atoms with van der Waals surface area (Å²) in [7, 11) is 1.17. The number of rotatable bonds is 4. The van der Waals surface area contributed by atoms with Gasteiger partial charge in [0.2, 0.25) is 0 Å². The van der Waals surface area contributed by atoms with Crippen molar-refractivity contribution in [1.82, 2.24) is 0 Å². The van der Waals surface area contributed by atoms with E-state index >= 15 is 0 Å². The zero-order valence-corrected chi connectivity index (χ0v) is 11.9. The first kappa shape index (κ1) is 15.8. The van der Waals surface area contributed by atoms with E-state index in [0.717, 1.165) is 12.1 Å². The van der Waals surface area contributed by atoms with Gasteiger partial charge in [-0.3, -0.25) is 9.59 Å². The third-order valence-corrected chi connectivity index (χ3v) is 3.23. The molecule has 5 nitrogen and oxygen atoms in total. The van der Waals surface area contributed by atoms with Crippen molar-refractivity contribution in [1.29, 1.82) is 0 Å². The fourth-order valence-corrected chi connectivity index (χ4v) is 1.93. The van der Waals surface area contributed by atoms with Gasteiger partial charge in [0.25, 0.3) is 0 Å². The molecule has 0 bridgehead atoms. The number of Topliss-reactive ketones (excluding diaryl/α,β-unsaturated/α-hetero) is 1. The molecule has 1 heterocycles. The molecular weight excluding hydrogens is 298 g/mol. The number of methoxy groups -OCH3 is 1. The average molecular weight is 310 g/mol. The van der Waals surface area contributed by atoms with Crippen LogP contribution in [-0.4, -0.2) is 18.9 Å². The van der Waals surface area contributed by atoms with Crippen molar-refractivity contribution in [2.45, 2.75) is 19.8 Å². The summed E-state index contributed by atoms with van der Waals surface area (Å²) in [6.45, 7) is 1.21. The summed E-state index contributed by atoms with van der Waals surface area (Å²) in [6, 6.07) is 2.04. The third kappa shape index (κ3) is 2.88. The number of ether oxygens (including phenoxy) is 1. The van der Waals surface area contributed by atoms with Crippen LogP contribution >= 0.6 is 0 Å². The Morgan fingerprint density at radius 2 is 1.91 bits per heavy atom. The van der Waals surface area contributed by atoms with E-state index in [1.807, 2.05) is 0 Å². The van der Waals surface area contributed by atoms with Gasteiger partial charge in [-0.1, -0.05) is 0 Å². The summed E-state index contributed by atoms with van der Waals surface area (Å²) in [4.78, 5) is 34.7. The van der Waals surface area contributed by atoms with Crippen LogP contribution in [0.5, 0.6) is 0 Å². The number of benzene rings is 1. The molecule has 0 aliphatic heterocycles. The number of ketones is 1. The Labute approximate surface area is 123 Å². The molecular formula is C15H12F2O5. The Kier molecular flexibility index (Phi) is 4.35. The molecule has 0 atom stereocenters. The van der Waals surface area contributed by atoms with Gasteiger partial charge in [-0.05, 0) is 19.1 Å². The lowest BCUT2D eigenvalue weighted by atomic mass is 10.1. The van der Waals surface area contributed by atoms with E-state index in [1.165, 1.54) is 14.0 Å². The highest BCUT2D eigenvalue weighted by Crippen LogP contribution is 2.23. The average Bonchev–Trinajstić information content (AvgIpc) is 2.50. The number of carbonyl (C=O) groups is 2. The van der Waals surface area contributed by atoms with Crippen molar-refractivity contribution in [3.63, 3.8) is 0 Å². The molecule has 0 radical (unpaired) electrons. The maximum absolute atomic E-state index is 13.9. The zero-order chi connectivity index (χ0) is 16.4. The molecule has 2 rings (SSSR count). The standard InChI is InChI=1S/C15H12F2O5/c1-7-10(16)6-8-5-9(11(18)3-4-12(19)21-2)15(20)22-14(8)13(7)17/h5-6H,3-4H2,1-2H3. The van der Waals surface area contributed by atoms with Crippen LogP contribution in [0.25, 0.3) is 11.0 Å². The molecule has 0 amide bonds. The lowest BCUT2D eigenvalue weighted by molar-refractivity contribution is -0.140. The van der Waals surface area contributed by atoms with Gasteiger partial charge in [0, 0.05) is 17.4 Å². The normalized spacial score (nSPS) is 10.7. The molecule has 0 fully saturated rings.